The fourth-order valence-electron chi connectivity index (χ4n) is 3.89. The van der Waals surface area contributed by atoms with Crippen LogP contribution in [0.4, 0.5) is 4.39 Å². The minimum Gasteiger partial charge on any atom is -0.352 e. The fourth-order valence-corrected chi connectivity index (χ4v) is 3.89. The molecule has 1 heterocycles. The van der Waals surface area contributed by atoms with E-state index in [-0.39, 0.29) is 30.1 Å². The summed E-state index contributed by atoms with van der Waals surface area (Å²) < 4.78 is 13.9. The smallest absolute Gasteiger partial charge is 0.225 e. The maximum atomic E-state index is 13.9. The molecule has 4 nitrogen and oxygen atoms in total. The highest BCUT2D eigenvalue weighted by molar-refractivity contribution is 5.87. The summed E-state index contributed by atoms with van der Waals surface area (Å²) in [5, 5.41) is 5.28. The molecule has 4 rings (SSSR count). The van der Waals surface area contributed by atoms with Gasteiger partial charge in [-0.15, -0.1) is 0 Å². The molecule has 5 heteroatoms. The Morgan fingerprint density at radius 1 is 1.00 bits per heavy atom. The van der Waals surface area contributed by atoms with Gasteiger partial charge in [-0.1, -0.05) is 60.7 Å². The van der Waals surface area contributed by atoms with Gasteiger partial charge < -0.3 is 10.2 Å². The summed E-state index contributed by atoms with van der Waals surface area (Å²) in [6.45, 7) is 0.949. The molecule has 0 bridgehead atoms. The molecule has 1 aliphatic rings. The van der Waals surface area contributed by atoms with Gasteiger partial charge in [0.25, 0.3) is 0 Å². The summed E-state index contributed by atoms with van der Waals surface area (Å²) in [7, 11) is 0. The number of hydrogen-bond acceptors (Lipinski definition) is 2. The Labute approximate surface area is 169 Å². The zero-order valence-electron chi connectivity index (χ0n) is 16.1. The SMILES string of the molecule is O=C(NCc1cccc2ccccc12)C1CCC(=O)N(Cc2ccccc2F)C1. The molecule has 1 aliphatic heterocycles. The molecule has 1 unspecified atom stereocenters. The van der Waals surface area contributed by atoms with E-state index < -0.39 is 0 Å². The zero-order valence-corrected chi connectivity index (χ0v) is 16.1. The predicted octanol–water partition coefficient (Wildman–Crippen LogP) is 4.03. The van der Waals surface area contributed by atoms with Crippen molar-refractivity contribution in [3.63, 3.8) is 0 Å². The van der Waals surface area contributed by atoms with Crippen molar-refractivity contribution in [2.75, 3.05) is 6.54 Å². The van der Waals surface area contributed by atoms with Crippen LogP contribution in [0.25, 0.3) is 10.8 Å². The zero-order chi connectivity index (χ0) is 20.2. The molecular formula is C24H23FN2O2. The monoisotopic (exact) mass is 390 g/mol. The maximum absolute atomic E-state index is 13.9. The van der Waals surface area contributed by atoms with Gasteiger partial charge in [0, 0.05) is 31.6 Å². The first kappa shape index (κ1) is 19.1. The van der Waals surface area contributed by atoms with Crippen LogP contribution in [-0.2, 0) is 22.7 Å². The summed E-state index contributed by atoms with van der Waals surface area (Å²) in [5.74, 6) is -0.715. The van der Waals surface area contributed by atoms with Crippen molar-refractivity contribution in [3.8, 4) is 0 Å². The first-order valence-electron chi connectivity index (χ1n) is 9.87. The number of halogens is 1. The van der Waals surface area contributed by atoms with Crippen LogP contribution in [-0.4, -0.2) is 23.3 Å². The van der Waals surface area contributed by atoms with Gasteiger partial charge >= 0.3 is 0 Å². The number of piperidine rings is 1. The first-order chi connectivity index (χ1) is 14.1. The standard InChI is InChI=1S/C24H23FN2O2/c25-22-11-4-2-7-19(22)15-27-16-20(12-13-23(27)28)24(29)26-14-18-9-5-8-17-6-1-3-10-21(17)18/h1-11,20H,12-16H2,(H,26,29). The summed E-state index contributed by atoms with van der Waals surface area (Å²) in [4.78, 5) is 26.6. The maximum Gasteiger partial charge on any atom is 0.225 e. The molecule has 3 aromatic carbocycles. The molecule has 0 radical (unpaired) electrons. The van der Waals surface area contributed by atoms with Crippen molar-refractivity contribution in [1.29, 1.82) is 0 Å². The Hall–Kier alpha value is -3.21. The second kappa shape index (κ2) is 8.43. The number of nitrogens with one attached hydrogen (secondary N) is 1. The van der Waals surface area contributed by atoms with Gasteiger partial charge in [-0.05, 0) is 28.8 Å². The normalized spacial score (nSPS) is 16.8. The van der Waals surface area contributed by atoms with E-state index in [1.807, 2.05) is 42.5 Å². The quantitative estimate of drug-likeness (QED) is 0.715. The van der Waals surface area contributed by atoms with Crippen molar-refractivity contribution in [2.45, 2.75) is 25.9 Å². The molecule has 0 saturated carbocycles. The molecule has 29 heavy (non-hydrogen) atoms. The van der Waals surface area contributed by atoms with Gasteiger partial charge in [0.2, 0.25) is 11.8 Å². The number of fused-ring (bicyclic) bond motifs is 1. The van der Waals surface area contributed by atoms with Crippen molar-refractivity contribution in [1.82, 2.24) is 10.2 Å². The predicted molar refractivity (Wildman–Crippen MR) is 110 cm³/mol. The van der Waals surface area contributed by atoms with E-state index in [0.29, 0.717) is 31.5 Å². The van der Waals surface area contributed by atoms with Crippen LogP contribution in [0.15, 0.2) is 66.7 Å². The Bertz CT molecular complexity index is 1040. The largest absolute Gasteiger partial charge is 0.352 e. The molecule has 0 aromatic heterocycles. The molecule has 1 N–H and O–H groups in total. The van der Waals surface area contributed by atoms with Crippen LogP contribution in [0.2, 0.25) is 0 Å². The van der Waals surface area contributed by atoms with Gasteiger partial charge in [-0.3, -0.25) is 9.59 Å². The van der Waals surface area contributed by atoms with Gasteiger partial charge in [-0.2, -0.15) is 0 Å². The number of carbonyl (C=O) groups excluding carboxylic acids is 2. The second-order valence-corrected chi connectivity index (χ2v) is 7.46. The molecule has 0 spiro atoms. The Kier molecular flexibility index (Phi) is 5.56. The van der Waals surface area contributed by atoms with Crippen LogP contribution in [0, 0.1) is 11.7 Å². The number of carbonyl (C=O) groups is 2. The lowest BCUT2D eigenvalue weighted by Crippen LogP contribution is -2.45. The van der Waals surface area contributed by atoms with Gasteiger partial charge in [0.15, 0.2) is 0 Å². The lowest BCUT2D eigenvalue weighted by Gasteiger charge is -2.32. The van der Waals surface area contributed by atoms with E-state index in [1.165, 1.54) is 6.07 Å². The Morgan fingerprint density at radius 3 is 2.59 bits per heavy atom. The van der Waals surface area contributed by atoms with E-state index in [0.717, 1.165) is 16.3 Å². The van der Waals surface area contributed by atoms with Crippen LogP contribution < -0.4 is 5.32 Å². The number of likely N-dealkylation sites (tertiary alicyclic amines) is 1. The van der Waals surface area contributed by atoms with Crippen molar-refractivity contribution < 1.29 is 14.0 Å². The van der Waals surface area contributed by atoms with Crippen molar-refractivity contribution in [3.05, 3.63) is 83.7 Å². The second-order valence-electron chi connectivity index (χ2n) is 7.46. The number of hydrogen-bond donors (Lipinski definition) is 1. The van der Waals surface area contributed by atoms with Crippen molar-refractivity contribution in [2.24, 2.45) is 5.92 Å². The molecule has 1 saturated heterocycles. The molecule has 148 valence electrons. The summed E-state index contributed by atoms with van der Waals surface area (Å²) in [5.41, 5.74) is 1.53. The number of benzene rings is 3. The van der Waals surface area contributed by atoms with Crippen LogP contribution in [0.3, 0.4) is 0 Å². The highest BCUT2D eigenvalue weighted by atomic mass is 19.1. The van der Waals surface area contributed by atoms with Crippen LogP contribution in [0.1, 0.15) is 24.0 Å². The van der Waals surface area contributed by atoms with E-state index in [1.54, 1.807) is 23.1 Å². The minimum absolute atomic E-state index is 0.0358. The third kappa shape index (κ3) is 4.29. The third-order valence-corrected chi connectivity index (χ3v) is 5.52. The first-order valence-corrected chi connectivity index (χ1v) is 9.87. The van der Waals surface area contributed by atoms with Crippen LogP contribution >= 0.6 is 0 Å². The highest BCUT2D eigenvalue weighted by Crippen LogP contribution is 2.22. The average molecular weight is 390 g/mol. The topological polar surface area (TPSA) is 49.4 Å². The Morgan fingerprint density at radius 2 is 1.72 bits per heavy atom. The van der Waals surface area contributed by atoms with E-state index in [2.05, 4.69) is 5.32 Å². The van der Waals surface area contributed by atoms with Gasteiger partial charge in [0.05, 0.1) is 5.92 Å². The third-order valence-electron chi connectivity index (χ3n) is 5.52. The lowest BCUT2D eigenvalue weighted by molar-refractivity contribution is -0.139. The number of rotatable bonds is 5. The molecule has 1 fully saturated rings. The van der Waals surface area contributed by atoms with Crippen LogP contribution in [0.5, 0.6) is 0 Å². The van der Waals surface area contributed by atoms with Crippen molar-refractivity contribution >= 4 is 22.6 Å². The number of nitrogens with zero attached hydrogens (tertiary/aromatic N) is 1. The number of amides is 2. The van der Waals surface area contributed by atoms with E-state index in [4.69, 9.17) is 0 Å². The molecule has 2 amide bonds. The molecule has 1 atom stereocenters. The van der Waals surface area contributed by atoms with E-state index >= 15 is 0 Å². The fraction of sp³-hybridized carbons (Fsp3) is 0.250. The Balaban J connectivity index is 1.41. The highest BCUT2D eigenvalue weighted by Gasteiger charge is 2.30. The lowest BCUT2D eigenvalue weighted by atomic mass is 9.95. The molecular weight excluding hydrogens is 367 g/mol. The minimum atomic E-state index is -0.331. The molecule has 0 aliphatic carbocycles. The van der Waals surface area contributed by atoms with E-state index in [9.17, 15) is 14.0 Å². The van der Waals surface area contributed by atoms with Gasteiger partial charge in [0.1, 0.15) is 5.82 Å². The summed E-state index contributed by atoms with van der Waals surface area (Å²) in [6.07, 6.45) is 0.828. The summed E-state index contributed by atoms with van der Waals surface area (Å²) in [6, 6.07) is 20.6. The average Bonchev–Trinajstić information content (AvgIpc) is 2.75. The molecule has 3 aromatic rings. The van der Waals surface area contributed by atoms with Gasteiger partial charge in [-0.25, -0.2) is 4.39 Å². The summed E-state index contributed by atoms with van der Waals surface area (Å²) >= 11 is 0.